The van der Waals surface area contributed by atoms with Gasteiger partial charge >= 0.3 is 5.97 Å². The molecule has 0 fully saturated rings. The minimum absolute atomic E-state index is 0.00185. The third-order valence-corrected chi connectivity index (χ3v) is 3.34. The SMILES string of the molecule is CC1CCCCCC=CCCCCCOC1=O. The van der Waals surface area contributed by atoms with Gasteiger partial charge in [0.15, 0.2) is 0 Å². The van der Waals surface area contributed by atoms with E-state index in [-0.39, 0.29) is 11.9 Å². The van der Waals surface area contributed by atoms with Crippen molar-refractivity contribution in [2.75, 3.05) is 6.61 Å². The zero-order valence-electron chi connectivity index (χ0n) is 11.1. The standard InChI is InChI=1S/C15H26O2/c1-14-12-10-8-6-4-2-3-5-7-9-11-13-17-15(14)16/h2-3,14H,4-13H2,1H3. The van der Waals surface area contributed by atoms with Crippen LogP contribution in [-0.2, 0) is 9.53 Å². The Morgan fingerprint density at radius 1 is 1.00 bits per heavy atom. The highest BCUT2D eigenvalue weighted by Crippen LogP contribution is 2.13. The number of rotatable bonds is 0. The molecule has 0 amide bonds. The van der Waals surface area contributed by atoms with E-state index in [9.17, 15) is 4.79 Å². The fraction of sp³-hybridized carbons (Fsp3) is 0.800. The Morgan fingerprint density at radius 3 is 2.35 bits per heavy atom. The van der Waals surface area contributed by atoms with E-state index < -0.39 is 0 Å². The highest BCUT2D eigenvalue weighted by molar-refractivity contribution is 5.71. The average molecular weight is 238 g/mol. The number of ether oxygens (including phenoxy) is 1. The zero-order valence-corrected chi connectivity index (χ0v) is 11.1. The van der Waals surface area contributed by atoms with E-state index in [0.29, 0.717) is 6.61 Å². The van der Waals surface area contributed by atoms with Crippen molar-refractivity contribution >= 4 is 5.97 Å². The fourth-order valence-electron chi connectivity index (χ4n) is 2.10. The summed E-state index contributed by atoms with van der Waals surface area (Å²) in [5, 5.41) is 0. The number of carbonyl (C=O) groups excluding carboxylic acids is 1. The van der Waals surface area contributed by atoms with Crippen LogP contribution in [0.25, 0.3) is 0 Å². The second-order valence-corrected chi connectivity index (χ2v) is 5.03. The number of allylic oxidation sites excluding steroid dienone is 2. The van der Waals surface area contributed by atoms with Gasteiger partial charge in [-0.05, 0) is 44.9 Å². The lowest BCUT2D eigenvalue weighted by atomic mass is 10.0. The Hall–Kier alpha value is -0.790. The van der Waals surface area contributed by atoms with E-state index in [1.165, 1.54) is 32.1 Å². The van der Waals surface area contributed by atoms with E-state index >= 15 is 0 Å². The predicted molar refractivity (Wildman–Crippen MR) is 70.8 cm³/mol. The zero-order chi connectivity index (χ0) is 12.3. The molecule has 1 rings (SSSR count). The van der Waals surface area contributed by atoms with Crippen LogP contribution >= 0.6 is 0 Å². The summed E-state index contributed by atoms with van der Waals surface area (Å²) < 4.78 is 5.27. The van der Waals surface area contributed by atoms with Gasteiger partial charge in [-0.25, -0.2) is 0 Å². The van der Waals surface area contributed by atoms with Crippen molar-refractivity contribution in [2.24, 2.45) is 5.92 Å². The maximum Gasteiger partial charge on any atom is 0.308 e. The van der Waals surface area contributed by atoms with E-state index in [1.807, 2.05) is 6.92 Å². The highest BCUT2D eigenvalue weighted by atomic mass is 16.5. The van der Waals surface area contributed by atoms with Gasteiger partial charge in [-0.2, -0.15) is 0 Å². The number of cyclic esters (lactones) is 1. The molecule has 0 bridgehead atoms. The largest absolute Gasteiger partial charge is 0.465 e. The van der Waals surface area contributed by atoms with Gasteiger partial charge in [-0.15, -0.1) is 0 Å². The van der Waals surface area contributed by atoms with Crippen LogP contribution in [0.2, 0.25) is 0 Å². The van der Waals surface area contributed by atoms with E-state index in [0.717, 1.165) is 25.7 Å². The first-order valence-electron chi connectivity index (χ1n) is 7.12. The Balaban J connectivity index is 2.29. The normalized spacial score (nSPS) is 25.7. The summed E-state index contributed by atoms with van der Waals surface area (Å²) in [4.78, 5) is 11.6. The first-order chi connectivity index (χ1) is 8.30. The van der Waals surface area contributed by atoms with Crippen LogP contribution in [0.4, 0.5) is 0 Å². The molecule has 0 aromatic heterocycles. The van der Waals surface area contributed by atoms with Crippen molar-refractivity contribution in [3.63, 3.8) is 0 Å². The first kappa shape index (κ1) is 14.3. The summed E-state index contributed by atoms with van der Waals surface area (Å²) >= 11 is 0. The third kappa shape index (κ3) is 7.19. The Morgan fingerprint density at radius 2 is 1.65 bits per heavy atom. The van der Waals surface area contributed by atoms with Crippen molar-refractivity contribution in [1.82, 2.24) is 0 Å². The molecule has 98 valence electrons. The van der Waals surface area contributed by atoms with Crippen LogP contribution in [0.5, 0.6) is 0 Å². The Labute approximate surface area is 105 Å². The summed E-state index contributed by atoms with van der Waals surface area (Å²) in [7, 11) is 0. The smallest absolute Gasteiger partial charge is 0.308 e. The molecule has 0 aromatic rings. The van der Waals surface area contributed by atoms with Gasteiger partial charge in [0.1, 0.15) is 0 Å². The molecule has 1 aliphatic rings. The highest BCUT2D eigenvalue weighted by Gasteiger charge is 2.13. The topological polar surface area (TPSA) is 26.3 Å². The first-order valence-corrected chi connectivity index (χ1v) is 7.12. The van der Waals surface area contributed by atoms with Gasteiger partial charge in [0.25, 0.3) is 0 Å². The summed E-state index contributed by atoms with van der Waals surface area (Å²) in [5.74, 6) is 0.0775. The monoisotopic (exact) mass is 238 g/mol. The lowest BCUT2D eigenvalue weighted by molar-refractivity contribution is -0.148. The molecule has 2 heteroatoms. The number of hydrogen-bond acceptors (Lipinski definition) is 2. The van der Waals surface area contributed by atoms with Crippen molar-refractivity contribution in [3.8, 4) is 0 Å². The van der Waals surface area contributed by atoms with Gasteiger partial charge in [-0.1, -0.05) is 31.9 Å². The van der Waals surface area contributed by atoms with Gasteiger partial charge in [0.05, 0.1) is 12.5 Å². The average Bonchev–Trinajstić information content (AvgIpc) is 2.34. The Kier molecular flexibility index (Phi) is 7.78. The second-order valence-electron chi connectivity index (χ2n) is 5.03. The minimum atomic E-state index is -0.00185. The lowest BCUT2D eigenvalue weighted by Gasteiger charge is -2.10. The van der Waals surface area contributed by atoms with Crippen LogP contribution in [0.15, 0.2) is 12.2 Å². The molecule has 0 aliphatic carbocycles. The number of hydrogen-bond donors (Lipinski definition) is 0. The van der Waals surface area contributed by atoms with Crippen LogP contribution in [0.3, 0.4) is 0 Å². The van der Waals surface area contributed by atoms with E-state index in [1.54, 1.807) is 0 Å². The molecule has 0 aromatic carbocycles. The molecule has 0 saturated heterocycles. The van der Waals surface area contributed by atoms with Crippen LogP contribution in [0, 0.1) is 5.92 Å². The van der Waals surface area contributed by atoms with Crippen LogP contribution in [0.1, 0.15) is 64.7 Å². The van der Waals surface area contributed by atoms with Gasteiger partial charge in [0, 0.05) is 0 Å². The molecule has 0 spiro atoms. The maximum absolute atomic E-state index is 11.6. The van der Waals surface area contributed by atoms with Gasteiger partial charge in [-0.3, -0.25) is 4.79 Å². The van der Waals surface area contributed by atoms with Crippen molar-refractivity contribution in [2.45, 2.75) is 64.7 Å². The second kappa shape index (κ2) is 9.26. The summed E-state index contributed by atoms with van der Waals surface area (Å²) in [6.07, 6.45) is 14.9. The fourth-order valence-corrected chi connectivity index (χ4v) is 2.10. The molecular weight excluding hydrogens is 212 g/mol. The molecule has 1 atom stereocenters. The van der Waals surface area contributed by atoms with Gasteiger partial charge < -0.3 is 4.74 Å². The molecule has 1 heterocycles. The molecule has 17 heavy (non-hydrogen) atoms. The summed E-state index contributed by atoms with van der Waals surface area (Å²) in [6.45, 7) is 2.59. The molecule has 0 radical (unpaired) electrons. The number of carbonyl (C=O) groups is 1. The maximum atomic E-state index is 11.6. The Bertz CT molecular complexity index is 233. The van der Waals surface area contributed by atoms with E-state index in [4.69, 9.17) is 4.74 Å². The molecule has 1 unspecified atom stereocenters. The summed E-state index contributed by atoms with van der Waals surface area (Å²) in [6, 6.07) is 0. The van der Waals surface area contributed by atoms with Crippen molar-refractivity contribution < 1.29 is 9.53 Å². The summed E-state index contributed by atoms with van der Waals surface area (Å²) in [5.41, 5.74) is 0. The molecule has 2 nitrogen and oxygen atoms in total. The lowest BCUT2D eigenvalue weighted by Crippen LogP contribution is -2.15. The number of esters is 1. The molecule has 0 N–H and O–H groups in total. The molecule has 0 saturated carbocycles. The van der Waals surface area contributed by atoms with Crippen LogP contribution < -0.4 is 0 Å². The van der Waals surface area contributed by atoms with Crippen molar-refractivity contribution in [1.29, 1.82) is 0 Å². The van der Waals surface area contributed by atoms with Gasteiger partial charge in [0.2, 0.25) is 0 Å². The van der Waals surface area contributed by atoms with Crippen LogP contribution in [-0.4, -0.2) is 12.6 Å². The molecular formula is C15H26O2. The quantitative estimate of drug-likeness (QED) is 0.466. The minimum Gasteiger partial charge on any atom is -0.465 e. The van der Waals surface area contributed by atoms with Crippen molar-refractivity contribution in [3.05, 3.63) is 12.2 Å². The van der Waals surface area contributed by atoms with E-state index in [2.05, 4.69) is 12.2 Å². The third-order valence-electron chi connectivity index (χ3n) is 3.34. The predicted octanol–water partition coefficient (Wildman–Crippen LogP) is 4.25. The molecule has 1 aliphatic heterocycles.